The summed E-state index contributed by atoms with van der Waals surface area (Å²) in [6.45, 7) is 0. The fraction of sp³-hybridized carbons (Fsp3) is 0.167. The second kappa shape index (κ2) is 2.98. The molecule has 0 saturated carbocycles. The Bertz CT molecular complexity index is 451. The summed E-state index contributed by atoms with van der Waals surface area (Å²) in [4.78, 5) is 0. The Morgan fingerprint density at radius 2 is 2.14 bits per heavy atom. The summed E-state index contributed by atoms with van der Waals surface area (Å²) >= 11 is 3.34. The van der Waals surface area contributed by atoms with Crippen molar-refractivity contribution in [1.29, 1.82) is 0 Å². The smallest absolute Gasteiger partial charge is 0.241 e. The molecular formula is C6H8BrN7. The van der Waals surface area contributed by atoms with Crippen molar-refractivity contribution in [2.24, 2.45) is 7.05 Å². The molecule has 0 aliphatic rings. The second-order valence-electron chi connectivity index (χ2n) is 2.72. The fourth-order valence-electron chi connectivity index (χ4n) is 1.13. The Labute approximate surface area is 87.8 Å². The molecule has 0 unspecified atom stereocenters. The van der Waals surface area contributed by atoms with Gasteiger partial charge in [0.2, 0.25) is 11.8 Å². The summed E-state index contributed by atoms with van der Waals surface area (Å²) < 4.78 is 3.64. The van der Waals surface area contributed by atoms with Crippen LogP contribution in [0.1, 0.15) is 0 Å². The van der Waals surface area contributed by atoms with Crippen LogP contribution in [0.2, 0.25) is 0 Å². The number of nitrogen functional groups attached to an aromatic ring is 2. The van der Waals surface area contributed by atoms with Crippen molar-refractivity contribution < 1.29 is 0 Å². The lowest BCUT2D eigenvalue weighted by molar-refractivity contribution is 0.765. The van der Waals surface area contributed by atoms with E-state index in [4.69, 9.17) is 11.6 Å². The molecule has 0 saturated heterocycles. The van der Waals surface area contributed by atoms with Gasteiger partial charge in [-0.1, -0.05) is 0 Å². The van der Waals surface area contributed by atoms with Crippen LogP contribution in [0.25, 0.3) is 11.5 Å². The van der Waals surface area contributed by atoms with Gasteiger partial charge in [-0.25, -0.2) is 4.68 Å². The number of nitrogens with two attached hydrogens (primary N) is 2. The molecule has 0 aromatic carbocycles. The number of hydrogen-bond acceptors (Lipinski definition) is 5. The van der Waals surface area contributed by atoms with Crippen LogP contribution in [-0.4, -0.2) is 24.7 Å². The molecule has 2 aromatic heterocycles. The molecule has 2 heterocycles. The van der Waals surface area contributed by atoms with E-state index >= 15 is 0 Å². The van der Waals surface area contributed by atoms with Crippen molar-refractivity contribution in [3.63, 3.8) is 0 Å². The monoisotopic (exact) mass is 257 g/mol. The molecule has 74 valence electrons. The van der Waals surface area contributed by atoms with Gasteiger partial charge in [-0.05, 0) is 15.9 Å². The van der Waals surface area contributed by atoms with E-state index in [2.05, 4.69) is 31.2 Å². The third-order valence-electron chi connectivity index (χ3n) is 1.83. The van der Waals surface area contributed by atoms with Crippen LogP contribution in [-0.2, 0) is 7.05 Å². The minimum absolute atomic E-state index is 0.160. The maximum atomic E-state index is 5.64. The van der Waals surface area contributed by atoms with Gasteiger partial charge in [0.25, 0.3) is 0 Å². The zero-order valence-corrected chi connectivity index (χ0v) is 8.93. The van der Waals surface area contributed by atoms with Crippen LogP contribution in [0.4, 0.5) is 5.95 Å². The minimum atomic E-state index is 0.160. The summed E-state index contributed by atoms with van der Waals surface area (Å²) in [5.41, 5.74) is 6.20. The van der Waals surface area contributed by atoms with E-state index in [1.807, 2.05) is 0 Å². The summed E-state index contributed by atoms with van der Waals surface area (Å²) in [5.74, 6) is 6.26. The van der Waals surface area contributed by atoms with Crippen LogP contribution in [0, 0.1) is 0 Å². The lowest BCUT2D eigenvalue weighted by Crippen LogP contribution is -2.14. The highest BCUT2D eigenvalue weighted by molar-refractivity contribution is 9.10. The topological polar surface area (TPSA) is 101 Å². The molecule has 8 heteroatoms. The Hall–Kier alpha value is -1.57. The first-order valence-electron chi connectivity index (χ1n) is 3.75. The van der Waals surface area contributed by atoms with Crippen molar-refractivity contribution in [2.45, 2.75) is 0 Å². The van der Waals surface area contributed by atoms with Crippen LogP contribution in [0.5, 0.6) is 0 Å². The number of halogens is 1. The highest BCUT2D eigenvalue weighted by Crippen LogP contribution is 2.25. The number of nitrogens with zero attached hydrogens (tertiary/aromatic N) is 5. The lowest BCUT2D eigenvalue weighted by Gasteiger charge is -2.01. The van der Waals surface area contributed by atoms with Crippen LogP contribution >= 0.6 is 15.9 Å². The molecular weight excluding hydrogens is 250 g/mol. The molecule has 2 rings (SSSR count). The maximum Gasteiger partial charge on any atom is 0.241 e. The van der Waals surface area contributed by atoms with Gasteiger partial charge in [0.15, 0.2) is 0 Å². The summed E-state index contributed by atoms with van der Waals surface area (Å²) in [6, 6.07) is 0. The highest BCUT2D eigenvalue weighted by atomic mass is 79.9. The first-order valence-corrected chi connectivity index (χ1v) is 4.54. The number of aryl methyl sites for hydroxylation is 1. The largest absolute Gasteiger partial charge is 0.366 e. The van der Waals surface area contributed by atoms with Crippen molar-refractivity contribution in [3.8, 4) is 11.5 Å². The van der Waals surface area contributed by atoms with Crippen molar-refractivity contribution in [3.05, 3.63) is 10.7 Å². The predicted molar refractivity (Wildman–Crippen MR) is 54.5 cm³/mol. The molecule has 0 amide bonds. The third-order valence-corrected chi connectivity index (χ3v) is 2.41. The molecule has 0 aliphatic carbocycles. The average Bonchev–Trinajstić information content (AvgIpc) is 2.62. The molecule has 7 nitrogen and oxygen atoms in total. The van der Waals surface area contributed by atoms with Crippen LogP contribution < -0.4 is 11.6 Å². The van der Waals surface area contributed by atoms with Crippen LogP contribution in [0.3, 0.4) is 0 Å². The first kappa shape index (κ1) is 9.00. The average molecular weight is 258 g/mol. The van der Waals surface area contributed by atoms with E-state index in [9.17, 15) is 0 Å². The Balaban J connectivity index is 2.65. The molecule has 14 heavy (non-hydrogen) atoms. The summed E-state index contributed by atoms with van der Waals surface area (Å²) in [5, 5.41) is 11.5. The van der Waals surface area contributed by atoms with E-state index in [0.29, 0.717) is 5.82 Å². The molecule has 0 atom stereocenters. The van der Waals surface area contributed by atoms with E-state index in [0.717, 1.165) is 10.2 Å². The van der Waals surface area contributed by atoms with Gasteiger partial charge in [0, 0.05) is 7.05 Å². The van der Waals surface area contributed by atoms with Gasteiger partial charge in [-0.2, -0.15) is 5.10 Å². The number of aromatic nitrogens is 5. The van der Waals surface area contributed by atoms with Crippen molar-refractivity contribution in [2.75, 3.05) is 11.6 Å². The quantitative estimate of drug-likeness (QED) is 0.686. The maximum absolute atomic E-state index is 5.64. The second-order valence-corrected chi connectivity index (χ2v) is 3.57. The predicted octanol–water partition coefficient (Wildman–Crippen LogP) is -0.263. The van der Waals surface area contributed by atoms with E-state index in [1.54, 1.807) is 17.9 Å². The van der Waals surface area contributed by atoms with Gasteiger partial charge in [0.05, 0.1) is 10.7 Å². The third kappa shape index (κ3) is 1.15. The highest BCUT2D eigenvalue weighted by Gasteiger charge is 2.16. The van der Waals surface area contributed by atoms with Gasteiger partial charge in [0.1, 0.15) is 5.69 Å². The molecule has 0 fully saturated rings. The van der Waals surface area contributed by atoms with Gasteiger partial charge < -0.3 is 11.6 Å². The van der Waals surface area contributed by atoms with E-state index in [-0.39, 0.29) is 5.95 Å². The summed E-state index contributed by atoms with van der Waals surface area (Å²) in [7, 11) is 1.78. The Morgan fingerprint density at radius 3 is 2.57 bits per heavy atom. The zero-order chi connectivity index (χ0) is 10.3. The van der Waals surface area contributed by atoms with Gasteiger partial charge >= 0.3 is 0 Å². The summed E-state index contributed by atoms with van der Waals surface area (Å²) in [6.07, 6.45) is 1.65. The van der Waals surface area contributed by atoms with Crippen LogP contribution in [0.15, 0.2) is 10.7 Å². The van der Waals surface area contributed by atoms with Crippen molar-refractivity contribution in [1.82, 2.24) is 24.7 Å². The fourth-order valence-corrected chi connectivity index (χ4v) is 1.65. The molecule has 0 bridgehead atoms. The molecule has 0 radical (unpaired) electrons. The van der Waals surface area contributed by atoms with E-state index in [1.165, 1.54) is 4.68 Å². The Morgan fingerprint density at radius 1 is 1.43 bits per heavy atom. The minimum Gasteiger partial charge on any atom is -0.366 e. The Kier molecular flexibility index (Phi) is 1.92. The standard InChI is InChI=1S/C6H8BrN7/c1-13-4(3(7)2-10-13)5-11-12-6(8)14(5)9/h2H,9H2,1H3,(H2,8,12). The van der Waals surface area contributed by atoms with E-state index < -0.39 is 0 Å². The van der Waals surface area contributed by atoms with Gasteiger partial charge in [-0.15, -0.1) is 10.2 Å². The zero-order valence-electron chi connectivity index (χ0n) is 7.35. The van der Waals surface area contributed by atoms with Gasteiger partial charge in [-0.3, -0.25) is 4.68 Å². The number of rotatable bonds is 1. The molecule has 4 N–H and O–H groups in total. The molecule has 0 spiro atoms. The first-order chi connectivity index (χ1) is 6.61. The molecule has 0 aliphatic heterocycles. The number of anilines is 1. The normalized spacial score (nSPS) is 10.7. The van der Waals surface area contributed by atoms with Crippen molar-refractivity contribution >= 4 is 21.9 Å². The SMILES string of the molecule is Cn1ncc(Br)c1-c1nnc(N)n1N. The number of hydrogen-bond donors (Lipinski definition) is 2. The lowest BCUT2D eigenvalue weighted by atomic mass is 10.4. The molecule has 2 aromatic rings.